The molecule has 2 aliphatic rings. The number of hydrogen-bond acceptors (Lipinski definition) is 5. The van der Waals surface area contributed by atoms with Gasteiger partial charge in [0, 0.05) is 18.6 Å². The maximum absolute atomic E-state index is 10.8. The fourth-order valence-corrected chi connectivity index (χ4v) is 3.42. The molecule has 2 aliphatic heterocycles. The third kappa shape index (κ3) is 2.67. The predicted octanol–water partition coefficient (Wildman–Crippen LogP) is 1.37. The molecule has 1 aromatic rings. The maximum atomic E-state index is 10.8. The van der Waals surface area contributed by atoms with E-state index in [0.29, 0.717) is 18.4 Å². The van der Waals surface area contributed by atoms with Gasteiger partial charge in [0.05, 0.1) is 19.9 Å². The van der Waals surface area contributed by atoms with E-state index in [9.17, 15) is 5.11 Å². The number of morpholine rings is 1. The van der Waals surface area contributed by atoms with Crippen molar-refractivity contribution in [3.8, 4) is 5.75 Å². The van der Waals surface area contributed by atoms with E-state index >= 15 is 0 Å². The van der Waals surface area contributed by atoms with E-state index in [1.54, 1.807) is 13.3 Å². The molecule has 2 saturated heterocycles. The van der Waals surface area contributed by atoms with Gasteiger partial charge in [-0.1, -0.05) is 0 Å². The van der Waals surface area contributed by atoms with Crippen molar-refractivity contribution in [1.82, 2.24) is 14.7 Å². The largest absolute Gasteiger partial charge is 0.493 e. The van der Waals surface area contributed by atoms with Gasteiger partial charge in [-0.2, -0.15) is 5.10 Å². The third-order valence-electron chi connectivity index (χ3n) is 4.56. The highest BCUT2D eigenvalue weighted by Gasteiger charge is 2.38. The lowest BCUT2D eigenvalue weighted by Crippen LogP contribution is -2.48. The van der Waals surface area contributed by atoms with Crippen molar-refractivity contribution in [2.75, 3.05) is 26.8 Å². The van der Waals surface area contributed by atoms with Crippen molar-refractivity contribution in [1.29, 1.82) is 0 Å². The van der Waals surface area contributed by atoms with Gasteiger partial charge in [-0.05, 0) is 33.2 Å². The van der Waals surface area contributed by atoms with Crippen molar-refractivity contribution in [3.63, 3.8) is 0 Å². The van der Waals surface area contributed by atoms with Gasteiger partial charge in [-0.25, -0.2) is 0 Å². The van der Waals surface area contributed by atoms with Crippen LogP contribution in [-0.2, 0) is 4.74 Å². The van der Waals surface area contributed by atoms with Crippen LogP contribution in [0.25, 0.3) is 0 Å². The molecule has 0 spiro atoms. The summed E-state index contributed by atoms with van der Waals surface area (Å²) < 4.78 is 13.1. The SMILES string of the molecule is COc1cnn(C(C)C)c1C(O)C1CN2CCCC2CO1. The minimum atomic E-state index is -0.716. The fraction of sp³-hybridized carbons (Fsp3) is 0.800. The Morgan fingerprint density at radius 2 is 2.29 bits per heavy atom. The molecule has 21 heavy (non-hydrogen) atoms. The van der Waals surface area contributed by atoms with Gasteiger partial charge in [0.25, 0.3) is 0 Å². The highest BCUT2D eigenvalue weighted by molar-refractivity contribution is 5.28. The second-order valence-electron chi connectivity index (χ2n) is 6.24. The van der Waals surface area contributed by atoms with E-state index in [0.717, 1.165) is 18.8 Å². The first-order valence-electron chi connectivity index (χ1n) is 7.77. The van der Waals surface area contributed by atoms with Crippen LogP contribution in [0.2, 0.25) is 0 Å². The average molecular weight is 295 g/mol. The van der Waals surface area contributed by atoms with E-state index in [2.05, 4.69) is 10.00 Å². The Morgan fingerprint density at radius 3 is 3.00 bits per heavy atom. The van der Waals surface area contributed by atoms with Crippen LogP contribution in [0.15, 0.2) is 6.20 Å². The van der Waals surface area contributed by atoms with Crippen LogP contribution in [0, 0.1) is 0 Å². The number of aromatic nitrogens is 2. The van der Waals surface area contributed by atoms with E-state index in [-0.39, 0.29) is 12.1 Å². The standard InChI is InChI=1S/C15H25N3O3/c1-10(2)18-14(12(20-3)7-16-18)15(19)13-8-17-6-4-5-11(17)9-21-13/h7,10-11,13,15,19H,4-6,8-9H2,1-3H3. The molecule has 1 N–H and O–H groups in total. The van der Waals surface area contributed by atoms with Gasteiger partial charge in [0.1, 0.15) is 17.9 Å². The van der Waals surface area contributed by atoms with Crippen LogP contribution in [0.4, 0.5) is 0 Å². The molecule has 2 fully saturated rings. The summed E-state index contributed by atoms with van der Waals surface area (Å²) in [6, 6.07) is 0.701. The van der Waals surface area contributed by atoms with Gasteiger partial charge in [-0.3, -0.25) is 9.58 Å². The number of fused-ring (bicyclic) bond motifs is 1. The Labute approximate surface area is 125 Å². The summed E-state index contributed by atoms with van der Waals surface area (Å²) in [5.74, 6) is 0.628. The highest BCUT2D eigenvalue weighted by atomic mass is 16.5. The molecule has 0 aromatic carbocycles. The van der Waals surface area contributed by atoms with E-state index in [1.165, 1.54) is 12.8 Å². The van der Waals surface area contributed by atoms with Crippen molar-refractivity contribution in [2.24, 2.45) is 0 Å². The first kappa shape index (κ1) is 14.8. The molecule has 0 bridgehead atoms. The molecular formula is C15H25N3O3. The number of nitrogens with zero attached hydrogens (tertiary/aromatic N) is 3. The number of hydrogen-bond donors (Lipinski definition) is 1. The lowest BCUT2D eigenvalue weighted by atomic mass is 10.1. The van der Waals surface area contributed by atoms with Gasteiger partial charge in [0.15, 0.2) is 5.75 Å². The molecule has 0 radical (unpaired) electrons. The van der Waals surface area contributed by atoms with Crippen LogP contribution in [0.3, 0.4) is 0 Å². The van der Waals surface area contributed by atoms with E-state index in [4.69, 9.17) is 9.47 Å². The number of rotatable bonds is 4. The van der Waals surface area contributed by atoms with Gasteiger partial charge in [0.2, 0.25) is 0 Å². The quantitative estimate of drug-likeness (QED) is 0.909. The first-order chi connectivity index (χ1) is 10.1. The highest BCUT2D eigenvalue weighted by Crippen LogP contribution is 2.33. The summed E-state index contributed by atoms with van der Waals surface area (Å²) >= 11 is 0. The minimum absolute atomic E-state index is 0.168. The van der Waals surface area contributed by atoms with Crippen LogP contribution in [-0.4, -0.2) is 58.7 Å². The zero-order valence-electron chi connectivity index (χ0n) is 13.0. The molecule has 0 aliphatic carbocycles. The summed E-state index contributed by atoms with van der Waals surface area (Å²) in [6.07, 6.45) is 3.16. The third-order valence-corrected chi connectivity index (χ3v) is 4.56. The Bertz CT molecular complexity index is 489. The molecule has 6 heteroatoms. The summed E-state index contributed by atoms with van der Waals surface area (Å²) in [5, 5.41) is 15.1. The van der Waals surface area contributed by atoms with Gasteiger partial charge < -0.3 is 14.6 Å². The first-order valence-corrected chi connectivity index (χ1v) is 7.77. The second-order valence-corrected chi connectivity index (χ2v) is 6.24. The monoisotopic (exact) mass is 295 g/mol. The molecular weight excluding hydrogens is 270 g/mol. The van der Waals surface area contributed by atoms with Crippen molar-refractivity contribution in [3.05, 3.63) is 11.9 Å². The van der Waals surface area contributed by atoms with Gasteiger partial charge >= 0.3 is 0 Å². The molecule has 1 aromatic heterocycles. The predicted molar refractivity (Wildman–Crippen MR) is 78.5 cm³/mol. The van der Waals surface area contributed by atoms with Crippen LogP contribution >= 0.6 is 0 Å². The summed E-state index contributed by atoms with van der Waals surface area (Å²) in [7, 11) is 1.61. The maximum Gasteiger partial charge on any atom is 0.162 e. The number of ether oxygens (including phenoxy) is 2. The van der Waals surface area contributed by atoms with E-state index < -0.39 is 6.10 Å². The summed E-state index contributed by atoms with van der Waals surface area (Å²) in [4.78, 5) is 2.43. The molecule has 3 heterocycles. The van der Waals surface area contributed by atoms with Crippen molar-refractivity contribution < 1.29 is 14.6 Å². The summed E-state index contributed by atoms with van der Waals surface area (Å²) in [6.45, 7) is 6.68. The van der Waals surface area contributed by atoms with Crippen molar-refractivity contribution >= 4 is 0 Å². The Morgan fingerprint density at radius 1 is 1.48 bits per heavy atom. The van der Waals surface area contributed by atoms with Crippen molar-refractivity contribution in [2.45, 2.75) is 51.0 Å². The Balaban J connectivity index is 1.81. The lowest BCUT2D eigenvalue weighted by Gasteiger charge is -2.37. The van der Waals surface area contributed by atoms with Crippen LogP contribution in [0.1, 0.15) is 44.5 Å². The topological polar surface area (TPSA) is 59.8 Å². The number of aliphatic hydroxyl groups excluding tert-OH is 1. The molecule has 3 unspecified atom stereocenters. The molecule has 3 rings (SSSR count). The van der Waals surface area contributed by atoms with Crippen LogP contribution in [0.5, 0.6) is 5.75 Å². The molecule has 0 saturated carbocycles. The minimum Gasteiger partial charge on any atom is -0.493 e. The van der Waals surface area contributed by atoms with E-state index in [1.807, 2.05) is 18.5 Å². The fourth-order valence-electron chi connectivity index (χ4n) is 3.42. The molecule has 0 amide bonds. The number of methoxy groups -OCH3 is 1. The Kier molecular flexibility index (Phi) is 4.19. The second kappa shape index (κ2) is 5.94. The zero-order chi connectivity index (χ0) is 15.0. The lowest BCUT2D eigenvalue weighted by molar-refractivity contribution is -0.106. The smallest absolute Gasteiger partial charge is 0.162 e. The summed E-state index contributed by atoms with van der Waals surface area (Å²) in [5.41, 5.74) is 0.718. The van der Waals surface area contributed by atoms with Gasteiger partial charge in [-0.15, -0.1) is 0 Å². The zero-order valence-corrected chi connectivity index (χ0v) is 13.0. The van der Waals surface area contributed by atoms with Crippen LogP contribution < -0.4 is 4.74 Å². The molecule has 6 nitrogen and oxygen atoms in total. The average Bonchev–Trinajstić information content (AvgIpc) is 3.11. The normalized spacial score (nSPS) is 27.9. The number of aliphatic hydroxyl groups is 1. The molecule has 3 atom stereocenters. The Hall–Kier alpha value is -1.11. The molecule has 118 valence electrons.